The number of carbonyl (C=O) groups is 2. The van der Waals surface area contributed by atoms with Crippen molar-refractivity contribution in [2.45, 2.75) is 11.8 Å². The Morgan fingerprint density at radius 2 is 2.06 bits per heavy atom. The van der Waals surface area contributed by atoms with Crippen molar-refractivity contribution in [1.82, 2.24) is 0 Å². The van der Waals surface area contributed by atoms with E-state index in [0.29, 0.717) is 11.3 Å². The molecule has 0 bridgehead atoms. The van der Waals surface area contributed by atoms with Crippen molar-refractivity contribution in [3.05, 3.63) is 41.7 Å². The van der Waals surface area contributed by atoms with Crippen molar-refractivity contribution in [3.63, 3.8) is 0 Å². The molecule has 2 aliphatic rings. The van der Waals surface area contributed by atoms with Crippen molar-refractivity contribution >= 4 is 11.6 Å². The van der Waals surface area contributed by atoms with E-state index in [-0.39, 0.29) is 24.6 Å². The Morgan fingerprint density at radius 1 is 1.24 bits per heavy atom. The fourth-order valence-corrected chi connectivity index (χ4v) is 2.40. The summed E-state index contributed by atoms with van der Waals surface area (Å²) in [4.78, 5) is 23.5. The average molecular weight is 232 g/mol. The molecule has 1 spiro atoms. The van der Waals surface area contributed by atoms with Gasteiger partial charge in [0.1, 0.15) is 23.6 Å². The first kappa shape index (κ1) is 10.2. The Kier molecular flexibility index (Phi) is 1.96. The molecule has 17 heavy (non-hydrogen) atoms. The molecule has 4 heteroatoms. The van der Waals surface area contributed by atoms with Crippen LogP contribution < -0.4 is 4.74 Å². The highest BCUT2D eigenvalue weighted by Gasteiger charge is 2.48. The topological polar surface area (TPSA) is 43.4 Å². The lowest BCUT2D eigenvalue weighted by molar-refractivity contribution is -0.126. The number of benzene rings is 1. The van der Waals surface area contributed by atoms with Crippen LogP contribution >= 0.6 is 0 Å². The Morgan fingerprint density at radius 3 is 2.88 bits per heavy atom. The number of fused-ring (bicyclic) bond motifs is 2. The summed E-state index contributed by atoms with van der Waals surface area (Å²) in [5.41, 5.74) is -0.524. The van der Waals surface area contributed by atoms with E-state index in [4.69, 9.17) is 4.74 Å². The van der Waals surface area contributed by atoms with Crippen molar-refractivity contribution < 1.29 is 18.7 Å². The van der Waals surface area contributed by atoms with Gasteiger partial charge in [0.2, 0.25) is 0 Å². The first-order valence-corrected chi connectivity index (χ1v) is 5.30. The maximum atomic E-state index is 13.3. The summed E-state index contributed by atoms with van der Waals surface area (Å²) in [5, 5.41) is 0. The number of ether oxygens (including phenoxy) is 1. The van der Waals surface area contributed by atoms with Crippen LogP contribution in [0.1, 0.15) is 12.0 Å². The van der Waals surface area contributed by atoms with Crippen LogP contribution in [-0.4, -0.2) is 18.2 Å². The highest BCUT2D eigenvalue weighted by molar-refractivity contribution is 6.11. The monoisotopic (exact) mass is 232 g/mol. The van der Waals surface area contributed by atoms with Crippen LogP contribution in [-0.2, 0) is 15.0 Å². The Bertz CT molecular complexity index is 562. The van der Waals surface area contributed by atoms with Gasteiger partial charge in [-0.2, -0.15) is 0 Å². The lowest BCUT2D eigenvalue weighted by Crippen LogP contribution is -2.40. The lowest BCUT2D eigenvalue weighted by atomic mass is 9.72. The number of rotatable bonds is 0. The summed E-state index contributed by atoms with van der Waals surface area (Å²) in [6.45, 7) is 0.112. The minimum Gasteiger partial charge on any atom is -0.492 e. The van der Waals surface area contributed by atoms with Gasteiger partial charge in [0.15, 0.2) is 11.6 Å². The van der Waals surface area contributed by atoms with Crippen LogP contribution in [0, 0.1) is 5.82 Å². The van der Waals surface area contributed by atoms with Crippen LogP contribution in [0.3, 0.4) is 0 Å². The number of allylic oxidation sites excluding steroid dienone is 2. The predicted molar refractivity (Wildman–Crippen MR) is 57.3 cm³/mol. The third-order valence-corrected chi connectivity index (χ3v) is 3.30. The van der Waals surface area contributed by atoms with Crippen LogP contribution in [0.25, 0.3) is 0 Å². The largest absolute Gasteiger partial charge is 0.492 e. The summed E-state index contributed by atoms with van der Waals surface area (Å²) < 4.78 is 18.6. The molecule has 1 aliphatic carbocycles. The fraction of sp³-hybridized carbons (Fsp3) is 0.231. The zero-order chi connectivity index (χ0) is 12.0. The summed E-state index contributed by atoms with van der Waals surface area (Å²) >= 11 is 0. The SMILES string of the molecule is O=C1C=CC(=O)C2(COc3ccc(F)cc32)C1. The van der Waals surface area contributed by atoms with E-state index in [1.165, 1.54) is 30.4 Å². The van der Waals surface area contributed by atoms with Gasteiger partial charge in [-0.15, -0.1) is 0 Å². The summed E-state index contributed by atoms with van der Waals surface area (Å²) in [5.74, 6) is -0.266. The average Bonchev–Trinajstić information content (AvgIpc) is 2.64. The molecule has 1 aromatic carbocycles. The highest BCUT2D eigenvalue weighted by atomic mass is 19.1. The smallest absolute Gasteiger partial charge is 0.170 e. The molecule has 3 nitrogen and oxygen atoms in total. The van der Waals surface area contributed by atoms with Gasteiger partial charge in [-0.25, -0.2) is 4.39 Å². The maximum absolute atomic E-state index is 13.3. The molecule has 0 radical (unpaired) electrons. The molecular weight excluding hydrogens is 223 g/mol. The van der Waals surface area contributed by atoms with E-state index in [0.717, 1.165) is 0 Å². The van der Waals surface area contributed by atoms with Gasteiger partial charge in [0.25, 0.3) is 0 Å². The van der Waals surface area contributed by atoms with Crippen LogP contribution in [0.4, 0.5) is 4.39 Å². The Labute approximate surface area is 96.9 Å². The van der Waals surface area contributed by atoms with Gasteiger partial charge in [-0.05, 0) is 30.4 Å². The minimum atomic E-state index is -1.01. The Hall–Kier alpha value is -1.97. The zero-order valence-electron chi connectivity index (χ0n) is 8.90. The second-order valence-corrected chi connectivity index (χ2v) is 4.35. The van der Waals surface area contributed by atoms with Crippen LogP contribution in [0.2, 0.25) is 0 Å². The summed E-state index contributed by atoms with van der Waals surface area (Å²) in [7, 11) is 0. The van der Waals surface area contributed by atoms with E-state index in [1.54, 1.807) is 0 Å². The molecule has 0 fully saturated rings. The number of ketones is 2. The number of carbonyl (C=O) groups excluding carboxylic acids is 2. The van der Waals surface area contributed by atoms with Gasteiger partial charge in [0, 0.05) is 12.0 Å². The van der Waals surface area contributed by atoms with E-state index >= 15 is 0 Å². The second-order valence-electron chi connectivity index (χ2n) is 4.35. The number of hydrogen-bond donors (Lipinski definition) is 0. The predicted octanol–water partition coefficient (Wildman–Crippen LogP) is 1.55. The van der Waals surface area contributed by atoms with E-state index in [1.807, 2.05) is 0 Å². The van der Waals surface area contributed by atoms with E-state index in [9.17, 15) is 14.0 Å². The van der Waals surface area contributed by atoms with Gasteiger partial charge < -0.3 is 4.74 Å². The van der Waals surface area contributed by atoms with E-state index < -0.39 is 11.2 Å². The molecule has 1 atom stereocenters. The zero-order valence-corrected chi connectivity index (χ0v) is 8.90. The van der Waals surface area contributed by atoms with Crippen LogP contribution in [0.15, 0.2) is 30.4 Å². The molecule has 0 aromatic heterocycles. The second kappa shape index (κ2) is 3.26. The molecule has 1 aromatic rings. The Balaban J connectivity index is 2.19. The minimum absolute atomic E-state index is 0.0544. The molecule has 1 heterocycles. The standard InChI is InChI=1S/C13H9FO3/c14-8-1-3-11-10(5-8)13(7-17-11)6-9(15)2-4-12(13)16/h1-5H,6-7H2. The van der Waals surface area contributed by atoms with Crippen molar-refractivity contribution in [2.75, 3.05) is 6.61 Å². The molecule has 1 unspecified atom stereocenters. The normalized spacial score (nSPS) is 26.2. The quantitative estimate of drug-likeness (QED) is 0.681. The maximum Gasteiger partial charge on any atom is 0.170 e. The van der Waals surface area contributed by atoms with Crippen LogP contribution in [0.5, 0.6) is 5.75 Å². The number of hydrogen-bond acceptors (Lipinski definition) is 3. The number of halogens is 1. The van der Waals surface area contributed by atoms with E-state index in [2.05, 4.69) is 0 Å². The molecule has 0 amide bonds. The molecule has 0 N–H and O–H groups in total. The lowest BCUT2D eigenvalue weighted by Gasteiger charge is -2.26. The molecule has 3 rings (SSSR count). The fourth-order valence-electron chi connectivity index (χ4n) is 2.40. The third-order valence-electron chi connectivity index (χ3n) is 3.30. The highest BCUT2D eigenvalue weighted by Crippen LogP contribution is 2.43. The van der Waals surface area contributed by atoms with Gasteiger partial charge >= 0.3 is 0 Å². The van der Waals surface area contributed by atoms with Gasteiger partial charge in [0.05, 0.1) is 0 Å². The molecule has 86 valence electrons. The molecule has 0 saturated heterocycles. The first-order valence-electron chi connectivity index (χ1n) is 5.30. The van der Waals surface area contributed by atoms with Gasteiger partial charge in [-0.1, -0.05) is 0 Å². The molecular formula is C13H9FO3. The summed E-state index contributed by atoms with van der Waals surface area (Å²) in [6, 6.07) is 4.06. The third kappa shape index (κ3) is 1.33. The van der Waals surface area contributed by atoms with Crippen molar-refractivity contribution in [2.24, 2.45) is 0 Å². The summed E-state index contributed by atoms with van der Waals surface area (Å²) in [6.07, 6.45) is 2.58. The van der Waals surface area contributed by atoms with Gasteiger partial charge in [-0.3, -0.25) is 9.59 Å². The van der Waals surface area contributed by atoms with Crippen molar-refractivity contribution in [3.8, 4) is 5.75 Å². The first-order chi connectivity index (χ1) is 8.12. The molecule has 0 saturated carbocycles. The van der Waals surface area contributed by atoms with Crippen molar-refractivity contribution in [1.29, 1.82) is 0 Å². The molecule has 1 aliphatic heterocycles.